The van der Waals surface area contributed by atoms with Gasteiger partial charge in [0, 0.05) is 16.4 Å². The minimum Gasteiger partial charge on any atom is -0.391 e. The zero-order valence-electron chi connectivity index (χ0n) is 17.0. The molecule has 0 spiro atoms. The number of nitrogens with zero attached hydrogens (tertiary/aromatic N) is 3. The largest absolute Gasteiger partial charge is 0.391 e. The first-order valence-corrected chi connectivity index (χ1v) is 9.57. The van der Waals surface area contributed by atoms with E-state index < -0.39 is 6.10 Å². The second-order valence-electron chi connectivity index (χ2n) is 8.79. The number of nitrogens with one attached hydrogen (secondary N) is 1. The molecule has 1 unspecified atom stereocenters. The average Bonchev–Trinajstić information content (AvgIpc) is 3.25. The van der Waals surface area contributed by atoms with Gasteiger partial charge in [-0.15, -0.1) is 10.2 Å². The second-order valence-corrected chi connectivity index (χ2v) is 8.79. The fraction of sp³-hybridized carbons (Fsp3) is 0.348. The molecule has 0 saturated carbocycles. The Balaban J connectivity index is 1.66. The number of hydrogen-bond donors (Lipinski definition) is 2. The number of aromatic nitrogens is 4. The van der Waals surface area contributed by atoms with Gasteiger partial charge in [-0.2, -0.15) is 5.21 Å². The average molecular weight is 374 g/mol. The summed E-state index contributed by atoms with van der Waals surface area (Å²) in [6.45, 7) is 10.6. The Kier molecular flexibility index (Phi) is 4.23. The lowest BCUT2D eigenvalue weighted by Crippen LogP contribution is -2.39. The number of rotatable bonds is 3. The molecule has 2 N–H and O–H groups in total. The quantitative estimate of drug-likeness (QED) is 0.668. The standard InChI is InChI=1S/C23H26N4O/c1-14(12-15-6-8-16(9-7-15)20-24-26-27-25-20)17-10-11-18-19(13-17)23(4,5)21(28)22(18,2)3/h6-13,21,28H,1-5H3,(H,24,25,26,27). The van der Waals surface area contributed by atoms with E-state index in [1.54, 1.807) is 0 Å². The van der Waals surface area contributed by atoms with Crippen LogP contribution < -0.4 is 0 Å². The van der Waals surface area contributed by atoms with Crippen molar-refractivity contribution in [2.45, 2.75) is 51.6 Å². The number of aliphatic hydroxyl groups excluding tert-OH is 1. The van der Waals surface area contributed by atoms with E-state index in [1.807, 2.05) is 12.1 Å². The molecule has 2 aromatic carbocycles. The maximum absolute atomic E-state index is 10.8. The van der Waals surface area contributed by atoms with Crippen LogP contribution in [-0.4, -0.2) is 31.8 Å². The summed E-state index contributed by atoms with van der Waals surface area (Å²) in [7, 11) is 0. The third-order valence-electron chi connectivity index (χ3n) is 6.13. The van der Waals surface area contributed by atoms with Gasteiger partial charge < -0.3 is 5.11 Å². The normalized spacial score (nSPS) is 20.2. The number of aromatic amines is 1. The fourth-order valence-electron chi connectivity index (χ4n) is 4.43. The molecule has 0 fully saturated rings. The first-order chi connectivity index (χ1) is 13.2. The van der Waals surface area contributed by atoms with Crippen LogP contribution in [0.4, 0.5) is 0 Å². The lowest BCUT2D eigenvalue weighted by atomic mass is 9.78. The third-order valence-corrected chi connectivity index (χ3v) is 6.13. The van der Waals surface area contributed by atoms with Gasteiger partial charge in [0.15, 0.2) is 0 Å². The Morgan fingerprint density at radius 2 is 1.68 bits per heavy atom. The van der Waals surface area contributed by atoms with Gasteiger partial charge in [-0.1, -0.05) is 76.2 Å². The van der Waals surface area contributed by atoms with Crippen LogP contribution in [0.2, 0.25) is 0 Å². The first-order valence-electron chi connectivity index (χ1n) is 9.57. The molecule has 0 amide bonds. The fourth-order valence-corrected chi connectivity index (χ4v) is 4.43. The SMILES string of the molecule is CC(=Cc1ccc(-c2nn[nH]n2)cc1)c1ccc2c(c1)C(C)(C)C(O)C2(C)C. The van der Waals surface area contributed by atoms with Crippen molar-refractivity contribution in [1.82, 2.24) is 20.6 Å². The maximum atomic E-state index is 10.8. The van der Waals surface area contributed by atoms with Crippen LogP contribution >= 0.6 is 0 Å². The number of H-pyrrole nitrogens is 1. The lowest BCUT2D eigenvalue weighted by molar-refractivity contribution is 0.0566. The van der Waals surface area contributed by atoms with Crippen LogP contribution in [0.25, 0.3) is 23.0 Å². The van der Waals surface area contributed by atoms with Gasteiger partial charge in [-0.3, -0.25) is 0 Å². The second kappa shape index (κ2) is 6.38. The van der Waals surface area contributed by atoms with E-state index in [0.717, 1.165) is 11.1 Å². The number of tetrazole rings is 1. The molecule has 3 aromatic rings. The van der Waals surface area contributed by atoms with Gasteiger partial charge in [0.25, 0.3) is 0 Å². The van der Waals surface area contributed by atoms with Crippen molar-refractivity contribution >= 4 is 11.6 Å². The molecule has 0 saturated heterocycles. The molecule has 5 nitrogen and oxygen atoms in total. The van der Waals surface area contributed by atoms with Gasteiger partial charge in [0.1, 0.15) is 0 Å². The number of hydrogen-bond acceptors (Lipinski definition) is 4. The maximum Gasteiger partial charge on any atom is 0.204 e. The summed E-state index contributed by atoms with van der Waals surface area (Å²) in [6, 6.07) is 14.7. The van der Waals surface area contributed by atoms with Crippen LogP contribution in [0, 0.1) is 0 Å². The van der Waals surface area contributed by atoms with Crippen molar-refractivity contribution in [3.05, 3.63) is 64.7 Å². The summed E-state index contributed by atoms with van der Waals surface area (Å²) < 4.78 is 0. The molecule has 1 aliphatic carbocycles. The Morgan fingerprint density at radius 1 is 1.00 bits per heavy atom. The number of benzene rings is 2. The van der Waals surface area contributed by atoms with Gasteiger partial charge in [-0.25, -0.2) is 0 Å². The molecule has 1 heterocycles. The molecular weight excluding hydrogens is 348 g/mol. The lowest BCUT2D eigenvalue weighted by Gasteiger charge is -2.31. The Morgan fingerprint density at radius 3 is 2.32 bits per heavy atom. The van der Waals surface area contributed by atoms with E-state index in [1.165, 1.54) is 22.3 Å². The molecule has 0 radical (unpaired) electrons. The van der Waals surface area contributed by atoms with Crippen molar-refractivity contribution in [1.29, 1.82) is 0 Å². The van der Waals surface area contributed by atoms with Crippen LogP contribution in [0.1, 0.15) is 56.9 Å². The Hall–Kier alpha value is -2.79. The van der Waals surface area contributed by atoms with E-state index >= 15 is 0 Å². The van der Waals surface area contributed by atoms with Crippen molar-refractivity contribution in [2.24, 2.45) is 0 Å². The van der Waals surface area contributed by atoms with Gasteiger partial charge in [-0.05, 0) is 40.0 Å². The van der Waals surface area contributed by atoms with Crippen LogP contribution in [0.3, 0.4) is 0 Å². The van der Waals surface area contributed by atoms with E-state index in [-0.39, 0.29) is 10.8 Å². The zero-order valence-corrected chi connectivity index (χ0v) is 17.0. The molecule has 28 heavy (non-hydrogen) atoms. The molecule has 0 aliphatic heterocycles. The smallest absolute Gasteiger partial charge is 0.204 e. The highest BCUT2D eigenvalue weighted by atomic mass is 16.3. The van der Waals surface area contributed by atoms with Crippen molar-refractivity contribution in [3.8, 4) is 11.4 Å². The topological polar surface area (TPSA) is 74.7 Å². The highest BCUT2D eigenvalue weighted by molar-refractivity contribution is 5.81. The Labute approximate surface area is 165 Å². The molecule has 4 rings (SSSR count). The predicted octanol–water partition coefficient (Wildman–Crippen LogP) is 4.36. The minimum absolute atomic E-state index is 0.236. The van der Waals surface area contributed by atoms with Crippen molar-refractivity contribution < 1.29 is 5.11 Å². The van der Waals surface area contributed by atoms with Gasteiger partial charge >= 0.3 is 0 Å². The molecule has 144 valence electrons. The van der Waals surface area contributed by atoms with Crippen LogP contribution in [-0.2, 0) is 10.8 Å². The van der Waals surface area contributed by atoms with Gasteiger partial charge in [0.05, 0.1) is 6.10 Å². The summed E-state index contributed by atoms with van der Waals surface area (Å²) in [4.78, 5) is 0. The highest BCUT2D eigenvalue weighted by Gasteiger charge is 2.50. The highest BCUT2D eigenvalue weighted by Crippen LogP contribution is 2.50. The minimum atomic E-state index is -0.396. The third kappa shape index (κ3) is 2.87. The number of aliphatic hydroxyl groups is 1. The van der Waals surface area contributed by atoms with E-state index in [9.17, 15) is 5.11 Å². The van der Waals surface area contributed by atoms with Crippen LogP contribution in [0.15, 0.2) is 42.5 Å². The monoisotopic (exact) mass is 374 g/mol. The van der Waals surface area contributed by atoms with E-state index in [4.69, 9.17) is 0 Å². The summed E-state index contributed by atoms with van der Waals surface area (Å²) in [5.74, 6) is 0.592. The molecular formula is C23H26N4O. The van der Waals surface area contributed by atoms with E-state index in [0.29, 0.717) is 5.82 Å². The molecule has 1 aliphatic rings. The van der Waals surface area contributed by atoms with Crippen molar-refractivity contribution in [3.63, 3.8) is 0 Å². The summed E-state index contributed by atoms with van der Waals surface area (Å²) >= 11 is 0. The number of fused-ring (bicyclic) bond motifs is 1. The first kappa shape index (κ1) is 18.6. The zero-order chi connectivity index (χ0) is 20.1. The number of allylic oxidation sites excluding steroid dienone is 1. The predicted molar refractivity (Wildman–Crippen MR) is 112 cm³/mol. The summed E-state index contributed by atoms with van der Waals surface area (Å²) in [5, 5.41) is 24.9. The molecule has 5 heteroatoms. The van der Waals surface area contributed by atoms with Crippen LogP contribution in [0.5, 0.6) is 0 Å². The molecule has 0 bridgehead atoms. The molecule has 1 atom stereocenters. The van der Waals surface area contributed by atoms with Crippen molar-refractivity contribution in [2.75, 3.05) is 0 Å². The van der Waals surface area contributed by atoms with E-state index in [2.05, 4.69) is 91.7 Å². The molecule has 1 aromatic heterocycles. The summed E-state index contributed by atoms with van der Waals surface area (Å²) in [6.07, 6.45) is 1.78. The van der Waals surface area contributed by atoms with Gasteiger partial charge in [0.2, 0.25) is 5.82 Å². The summed E-state index contributed by atoms with van der Waals surface area (Å²) in [5.41, 5.74) is 6.39. The Bertz CT molecular complexity index is 1030.